The number of furan rings is 1. The van der Waals surface area contributed by atoms with Gasteiger partial charge in [0, 0.05) is 6.08 Å². The third-order valence-corrected chi connectivity index (χ3v) is 5.23. The van der Waals surface area contributed by atoms with E-state index in [1.807, 2.05) is 30.3 Å². The van der Waals surface area contributed by atoms with Gasteiger partial charge in [-0.1, -0.05) is 42.5 Å². The molecule has 3 aromatic carbocycles. The summed E-state index contributed by atoms with van der Waals surface area (Å²) in [6.45, 7) is 2.14. The molecule has 0 spiro atoms. The number of hydrogen-bond donors (Lipinski definition) is 2. The van der Waals surface area contributed by atoms with Crippen molar-refractivity contribution in [1.29, 1.82) is 0 Å². The molecular formula is C30H25N3O6. The van der Waals surface area contributed by atoms with Crippen molar-refractivity contribution in [2.75, 3.05) is 11.9 Å². The Hall–Kier alpha value is -5.44. The van der Waals surface area contributed by atoms with Crippen LogP contribution in [-0.2, 0) is 4.79 Å². The molecule has 0 unspecified atom stereocenters. The molecule has 0 bridgehead atoms. The maximum atomic E-state index is 12.8. The maximum Gasteiger partial charge on any atom is 0.379 e. The summed E-state index contributed by atoms with van der Waals surface area (Å²) < 4.78 is 16.0. The van der Waals surface area contributed by atoms with E-state index in [2.05, 4.69) is 15.8 Å². The van der Waals surface area contributed by atoms with Crippen LogP contribution in [0, 0.1) is 0 Å². The average molecular weight is 524 g/mol. The van der Waals surface area contributed by atoms with Crippen LogP contribution in [0.2, 0.25) is 0 Å². The van der Waals surface area contributed by atoms with Crippen LogP contribution in [0.3, 0.4) is 0 Å². The summed E-state index contributed by atoms with van der Waals surface area (Å²) in [7, 11) is 0. The number of anilines is 1. The van der Waals surface area contributed by atoms with E-state index in [1.165, 1.54) is 24.6 Å². The number of para-hydroxylation sites is 1. The lowest BCUT2D eigenvalue weighted by atomic mass is 10.1. The molecule has 1 heterocycles. The van der Waals surface area contributed by atoms with Crippen LogP contribution in [0.15, 0.2) is 107 Å². The van der Waals surface area contributed by atoms with E-state index in [0.717, 1.165) is 5.56 Å². The fourth-order valence-corrected chi connectivity index (χ4v) is 3.43. The number of esters is 1. The molecule has 4 aromatic rings. The van der Waals surface area contributed by atoms with Crippen LogP contribution in [0.1, 0.15) is 39.0 Å². The van der Waals surface area contributed by atoms with E-state index in [9.17, 15) is 14.4 Å². The Kier molecular flexibility index (Phi) is 9.01. The molecular weight excluding hydrogens is 498 g/mol. The van der Waals surface area contributed by atoms with Crippen molar-refractivity contribution in [2.45, 2.75) is 6.92 Å². The zero-order chi connectivity index (χ0) is 27.5. The number of amides is 2. The summed E-state index contributed by atoms with van der Waals surface area (Å²) in [5.74, 6) is -0.942. The molecule has 2 amide bonds. The number of carbonyl (C=O) groups excluding carboxylic acids is 3. The second kappa shape index (κ2) is 13.2. The molecule has 0 aliphatic rings. The van der Waals surface area contributed by atoms with Crippen molar-refractivity contribution in [3.63, 3.8) is 0 Å². The summed E-state index contributed by atoms with van der Waals surface area (Å²) >= 11 is 0. The Bertz CT molecular complexity index is 1490. The average Bonchev–Trinajstić information content (AvgIpc) is 3.50. The lowest BCUT2D eigenvalue weighted by Crippen LogP contribution is -2.20. The van der Waals surface area contributed by atoms with Crippen molar-refractivity contribution in [1.82, 2.24) is 5.43 Å². The summed E-state index contributed by atoms with van der Waals surface area (Å²) in [6, 6.07) is 23.9. The standard InChI is InChI=1S/C30H25N3O6/c1-2-37-27-19-22(14-16-25(27)39-30(36)26-13-8-18-38-26)20-31-33-29(35)23-11-6-7-12-24(23)32-28(34)17-15-21-9-4-3-5-10-21/h3-20H,2H2,1H3,(H,32,34)(H,33,35)/b17-15+,31-20-. The largest absolute Gasteiger partial charge is 0.490 e. The Morgan fingerprint density at radius 3 is 2.46 bits per heavy atom. The number of hydrogen-bond acceptors (Lipinski definition) is 7. The van der Waals surface area contributed by atoms with E-state index >= 15 is 0 Å². The van der Waals surface area contributed by atoms with E-state index in [1.54, 1.807) is 61.5 Å². The zero-order valence-electron chi connectivity index (χ0n) is 21.0. The molecule has 0 fully saturated rings. The van der Waals surface area contributed by atoms with Gasteiger partial charge in [0.2, 0.25) is 11.7 Å². The number of ether oxygens (including phenoxy) is 2. The van der Waals surface area contributed by atoms with Gasteiger partial charge in [-0.05, 0) is 66.6 Å². The minimum atomic E-state index is -0.657. The van der Waals surface area contributed by atoms with Gasteiger partial charge in [0.1, 0.15) is 0 Å². The van der Waals surface area contributed by atoms with E-state index in [4.69, 9.17) is 13.9 Å². The lowest BCUT2D eigenvalue weighted by molar-refractivity contribution is -0.111. The second-order valence-electron chi connectivity index (χ2n) is 7.98. The molecule has 0 saturated heterocycles. The zero-order valence-corrected chi connectivity index (χ0v) is 21.0. The van der Waals surface area contributed by atoms with Crippen LogP contribution in [0.5, 0.6) is 11.5 Å². The van der Waals surface area contributed by atoms with Gasteiger partial charge < -0.3 is 19.2 Å². The number of hydrazone groups is 1. The van der Waals surface area contributed by atoms with Crippen LogP contribution in [-0.4, -0.2) is 30.6 Å². The van der Waals surface area contributed by atoms with Crippen molar-refractivity contribution in [3.8, 4) is 11.5 Å². The van der Waals surface area contributed by atoms with Crippen molar-refractivity contribution < 1.29 is 28.3 Å². The third-order valence-electron chi connectivity index (χ3n) is 5.23. The number of nitrogens with zero attached hydrogens (tertiary/aromatic N) is 1. The monoisotopic (exact) mass is 523 g/mol. The van der Waals surface area contributed by atoms with Crippen LogP contribution < -0.4 is 20.2 Å². The van der Waals surface area contributed by atoms with Crippen LogP contribution in [0.4, 0.5) is 5.69 Å². The third kappa shape index (κ3) is 7.53. The minimum Gasteiger partial charge on any atom is -0.490 e. The van der Waals surface area contributed by atoms with Gasteiger partial charge in [0.25, 0.3) is 5.91 Å². The topological polar surface area (TPSA) is 119 Å². The van der Waals surface area contributed by atoms with Gasteiger partial charge in [-0.25, -0.2) is 10.2 Å². The number of benzene rings is 3. The quantitative estimate of drug-likeness (QED) is 0.0956. The fourth-order valence-electron chi connectivity index (χ4n) is 3.43. The second-order valence-corrected chi connectivity index (χ2v) is 7.98. The Morgan fingerprint density at radius 2 is 1.69 bits per heavy atom. The first-order valence-corrected chi connectivity index (χ1v) is 12.0. The molecule has 9 heteroatoms. The highest BCUT2D eigenvalue weighted by atomic mass is 16.6. The molecule has 4 rings (SSSR count). The molecule has 0 aliphatic carbocycles. The predicted molar refractivity (Wildman–Crippen MR) is 147 cm³/mol. The molecule has 0 radical (unpaired) electrons. The minimum absolute atomic E-state index is 0.0643. The van der Waals surface area contributed by atoms with E-state index in [-0.39, 0.29) is 23.0 Å². The highest BCUT2D eigenvalue weighted by molar-refractivity contribution is 6.07. The highest BCUT2D eigenvalue weighted by Crippen LogP contribution is 2.29. The molecule has 39 heavy (non-hydrogen) atoms. The first-order chi connectivity index (χ1) is 19.0. The molecule has 0 atom stereocenters. The van der Waals surface area contributed by atoms with Crippen LogP contribution in [0.25, 0.3) is 6.08 Å². The highest BCUT2D eigenvalue weighted by Gasteiger charge is 2.15. The predicted octanol–water partition coefficient (Wildman–Crippen LogP) is 5.31. The number of rotatable bonds is 10. The van der Waals surface area contributed by atoms with Gasteiger partial charge in [0.05, 0.1) is 30.3 Å². The smallest absolute Gasteiger partial charge is 0.379 e. The molecule has 1 aromatic heterocycles. The van der Waals surface area contributed by atoms with E-state index < -0.39 is 11.9 Å². The molecule has 0 aliphatic heterocycles. The Balaban J connectivity index is 1.40. The first-order valence-electron chi connectivity index (χ1n) is 12.0. The van der Waals surface area contributed by atoms with Gasteiger partial charge in [0.15, 0.2) is 11.5 Å². The number of carbonyl (C=O) groups is 3. The summed E-state index contributed by atoms with van der Waals surface area (Å²) in [4.78, 5) is 37.4. The van der Waals surface area contributed by atoms with Gasteiger partial charge in [-0.3, -0.25) is 9.59 Å². The van der Waals surface area contributed by atoms with Crippen LogP contribution >= 0.6 is 0 Å². The molecule has 2 N–H and O–H groups in total. The summed E-state index contributed by atoms with van der Waals surface area (Å²) in [5.41, 5.74) is 4.51. The normalized spacial score (nSPS) is 10.9. The van der Waals surface area contributed by atoms with Crippen molar-refractivity contribution in [3.05, 3.63) is 120 Å². The molecule has 196 valence electrons. The Labute approximate surface area is 224 Å². The SMILES string of the molecule is CCOc1cc(/C=N\NC(=O)c2ccccc2NC(=O)/C=C/c2ccccc2)ccc1OC(=O)c1ccco1. The maximum absolute atomic E-state index is 12.8. The molecule has 9 nitrogen and oxygen atoms in total. The summed E-state index contributed by atoms with van der Waals surface area (Å²) in [5, 5.41) is 6.74. The fraction of sp³-hybridized carbons (Fsp3) is 0.0667. The number of nitrogens with one attached hydrogen (secondary N) is 2. The van der Waals surface area contributed by atoms with Gasteiger partial charge in [-0.2, -0.15) is 5.10 Å². The van der Waals surface area contributed by atoms with Gasteiger partial charge >= 0.3 is 5.97 Å². The van der Waals surface area contributed by atoms with Crippen molar-refractivity contribution in [2.24, 2.45) is 5.10 Å². The lowest BCUT2D eigenvalue weighted by Gasteiger charge is -2.10. The van der Waals surface area contributed by atoms with Gasteiger partial charge in [-0.15, -0.1) is 0 Å². The van der Waals surface area contributed by atoms with Crippen molar-refractivity contribution >= 4 is 35.8 Å². The molecule has 0 saturated carbocycles. The first kappa shape index (κ1) is 26.6. The summed E-state index contributed by atoms with van der Waals surface area (Å²) in [6.07, 6.45) is 5.88. The van der Waals surface area contributed by atoms with E-state index in [0.29, 0.717) is 23.6 Å². The Morgan fingerprint density at radius 1 is 0.897 bits per heavy atom.